The highest BCUT2D eigenvalue weighted by atomic mass is 35.5. The summed E-state index contributed by atoms with van der Waals surface area (Å²) < 4.78 is 0. The van der Waals surface area contributed by atoms with Crippen molar-refractivity contribution in [2.75, 3.05) is 17.3 Å². The second kappa shape index (κ2) is 6.74. The average molecular weight is 241 g/mol. The quantitative estimate of drug-likeness (QED) is 0.706. The van der Waals surface area contributed by atoms with E-state index in [1.807, 2.05) is 12.3 Å². The zero-order valence-electron chi connectivity index (χ0n) is 10.4. The number of anilines is 1. The summed E-state index contributed by atoms with van der Waals surface area (Å²) in [4.78, 5) is 6.82. The van der Waals surface area contributed by atoms with Gasteiger partial charge in [0.05, 0.1) is 0 Å². The van der Waals surface area contributed by atoms with Gasteiger partial charge in [-0.25, -0.2) is 4.98 Å². The van der Waals surface area contributed by atoms with E-state index in [9.17, 15) is 0 Å². The van der Waals surface area contributed by atoms with Crippen LogP contribution in [0.25, 0.3) is 0 Å². The average Bonchev–Trinajstić information content (AvgIpc) is 2.30. The summed E-state index contributed by atoms with van der Waals surface area (Å²) in [7, 11) is 0. The van der Waals surface area contributed by atoms with Crippen molar-refractivity contribution in [2.45, 2.75) is 39.7 Å². The molecular weight excluding hydrogens is 220 g/mol. The molecule has 0 atom stereocenters. The number of hydrogen-bond acceptors (Lipinski definition) is 2. The minimum absolute atomic E-state index is 0.535. The van der Waals surface area contributed by atoms with Crippen molar-refractivity contribution >= 4 is 17.4 Å². The van der Waals surface area contributed by atoms with Crippen LogP contribution in [-0.2, 0) is 0 Å². The highest BCUT2D eigenvalue weighted by Crippen LogP contribution is 2.21. The Morgan fingerprint density at radius 1 is 1.38 bits per heavy atom. The molecule has 0 unspecified atom stereocenters. The lowest BCUT2D eigenvalue weighted by atomic mass is 10.1. The van der Waals surface area contributed by atoms with E-state index in [-0.39, 0.29) is 0 Å². The van der Waals surface area contributed by atoms with E-state index in [4.69, 9.17) is 11.6 Å². The van der Waals surface area contributed by atoms with E-state index in [0.717, 1.165) is 25.2 Å². The largest absolute Gasteiger partial charge is 0.352 e. The number of aromatic nitrogens is 1. The summed E-state index contributed by atoms with van der Waals surface area (Å²) in [5.74, 6) is 1.73. The monoisotopic (exact) mass is 240 g/mol. The highest BCUT2D eigenvalue weighted by molar-refractivity contribution is 6.18. The van der Waals surface area contributed by atoms with Gasteiger partial charge in [-0.05, 0) is 31.4 Å². The summed E-state index contributed by atoms with van der Waals surface area (Å²) >= 11 is 5.89. The predicted octanol–water partition coefficient (Wildman–Crippen LogP) is 3.62. The van der Waals surface area contributed by atoms with Gasteiger partial charge in [0.2, 0.25) is 0 Å². The molecular formula is C13H21ClN2. The second-order valence-corrected chi connectivity index (χ2v) is 4.37. The topological polar surface area (TPSA) is 16.1 Å². The predicted molar refractivity (Wildman–Crippen MR) is 71.4 cm³/mol. The van der Waals surface area contributed by atoms with Gasteiger partial charge in [-0.2, -0.15) is 0 Å². The third kappa shape index (κ3) is 3.11. The van der Waals surface area contributed by atoms with Crippen molar-refractivity contribution in [3.8, 4) is 0 Å². The van der Waals surface area contributed by atoms with Crippen LogP contribution in [-0.4, -0.2) is 23.5 Å². The molecule has 1 rings (SSSR count). The first-order valence-corrected chi connectivity index (χ1v) is 6.52. The minimum atomic E-state index is 0.535. The number of pyridine rings is 1. The first kappa shape index (κ1) is 13.3. The molecule has 0 aliphatic carbocycles. The van der Waals surface area contributed by atoms with Crippen LogP contribution in [0.4, 0.5) is 5.82 Å². The molecule has 16 heavy (non-hydrogen) atoms. The smallest absolute Gasteiger partial charge is 0.131 e. The van der Waals surface area contributed by atoms with Crippen LogP contribution in [0.3, 0.4) is 0 Å². The molecule has 0 N–H and O–H groups in total. The molecule has 3 heteroatoms. The van der Waals surface area contributed by atoms with E-state index in [2.05, 4.69) is 36.7 Å². The van der Waals surface area contributed by atoms with E-state index in [1.165, 1.54) is 5.56 Å². The first-order valence-electron chi connectivity index (χ1n) is 5.98. The maximum absolute atomic E-state index is 5.89. The first-order chi connectivity index (χ1) is 7.74. The molecule has 0 bridgehead atoms. The second-order valence-electron chi connectivity index (χ2n) is 4.00. The fourth-order valence-electron chi connectivity index (χ4n) is 2.06. The number of nitrogens with zero attached hydrogens (tertiary/aromatic N) is 2. The number of aryl methyl sites for hydroxylation is 1. The van der Waals surface area contributed by atoms with Crippen molar-refractivity contribution in [3.05, 3.63) is 23.9 Å². The van der Waals surface area contributed by atoms with Gasteiger partial charge >= 0.3 is 0 Å². The van der Waals surface area contributed by atoms with E-state index in [0.29, 0.717) is 11.9 Å². The normalized spacial score (nSPS) is 10.8. The molecule has 0 aromatic carbocycles. The van der Waals surface area contributed by atoms with Crippen LogP contribution in [0.1, 0.15) is 32.3 Å². The number of hydrogen-bond donors (Lipinski definition) is 0. The molecule has 0 radical (unpaired) electrons. The molecule has 1 aromatic heterocycles. The van der Waals surface area contributed by atoms with Gasteiger partial charge in [0, 0.05) is 24.7 Å². The lowest BCUT2D eigenvalue weighted by Crippen LogP contribution is -2.37. The Morgan fingerprint density at radius 2 is 2.06 bits per heavy atom. The van der Waals surface area contributed by atoms with E-state index >= 15 is 0 Å². The molecule has 0 aliphatic heterocycles. The Balaban J connectivity index is 2.97. The molecule has 90 valence electrons. The van der Waals surface area contributed by atoms with Crippen LogP contribution < -0.4 is 4.90 Å². The third-order valence-corrected chi connectivity index (χ3v) is 3.13. The lowest BCUT2D eigenvalue weighted by molar-refractivity contribution is 0.561. The summed E-state index contributed by atoms with van der Waals surface area (Å²) in [6.07, 6.45) is 4.11. The minimum Gasteiger partial charge on any atom is -0.352 e. The van der Waals surface area contributed by atoms with Crippen LogP contribution in [0.2, 0.25) is 0 Å². The van der Waals surface area contributed by atoms with Crippen molar-refractivity contribution < 1.29 is 0 Å². The van der Waals surface area contributed by atoms with E-state index < -0.39 is 0 Å². The fraction of sp³-hybridized carbons (Fsp3) is 0.615. The van der Waals surface area contributed by atoms with Crippen molar-refractivity contribution in [1.29, 1.82) is 0 Å². The van der Waals surface area contributed by atoms with Crippen LogP contribution in [0.15, 0.2) is 18.3 Å². The Kier molecular flexibility index (Phi) is 5.61. The standard InChI is InChI=1S/C13H21ClN2/c1-4-12(5-2)16(10-8-14)13-11(3)7-6-9-15-13/h6-7,9,12H,4-5,8,10H2,1-3H3. The highest BCUT2D eigenvalue weighted by Gasteiger charge is 2.17. The molecule has 0 saturated heterocycles. The zero-order valence-corrected chi connectivity index (χ0v) is 11.2. The summed E-state index contributed by atoms with van der Waals surface area (Å²) in [5, 5.41) is 0. The third-order valence-electron chi connectivity index (χ3n) is 2.96. The van der Waals surface area contributed by atoms with Crippen molar-refractivity contribution in [2.24, 2.45) is 0 Å². The van der Waals surface area contributed by atoms with Gasteiger partial charge in [-0.1, -0.05) is 19.9 Å². The maximum atomic E-state index is 5.89. The Bertz CT molecular complexity index is 311. The molecule has 0 aliphatic rings. The number of rotatable bonds is 6. The molecule has 0 spiro atoms. The fourth-order valence-corrected chi connectivity index (χ4v) is 2.24. The Labute approximate surface area is 104 Å². The molecule has 1 aromatic rings. The summed E-state index contributed by atoms with van der Waals surface area (Å²) in [6.45, 7) is 7.40. The molecule has 1 heterocycles. The lowest BCUT2D eigenvalue weighted by Gasteiger charge is -2.32. The van der Waals surface area contributed by atoms with Gasteiger partial charge in [-0.15, -0.1) is 11.6 Å². The maximum Gasteiger partial charge on any atom is 0.131 e. The zero-order chi connectivity index (χ0) is 12.0. The van der Waals surface area contributed by atoms with Gasteiger partial charge in [-0.3, -0.25) is 0 Å². The Morgan fingerprint density at radius 3 is 2.56 bits per heavy atom. The summed E-state index contributed by atoms with van der Waals surface area (Å²) in [5.41, 5.74) is 1.22. The van der Waals surface area contributed by atoms with Gasteiger partial charge in [0.1, 0.15) is 5.82 Å². The Hall–Kier alpha value is -0.760. The van der Waals surface area contributed by atoms with Crippen molar-refractivity contribution in [3.63, 3.8) is 0 Å². The molecule has 0 saturated carbocycles. The van der Waals surface area contributed by atoms with E-state index in [1.54, 1.807) is 0 Å². The van der Waals surface area contributed by atoms with Gasteiger partial charge < -0.3 is 4.90 Å². The number of halogens is 1. The van der Waals surface area contributed by atoms with Crippen LogP contribution in [0, 0.1) is 6.92 Å². The van der Waals surface area contributed by atoms with Crippen LogP contribution >= 0.6 is 11.6 Å². The van der Waals surface area contributed by atoms with Crippen LogP contribution in [0.5, 0.6) is 0 Å². The SMILES string of the molecule is CCC(CC)N(CCCl)c1ncccc1C. The molecule has 2 nitrogen and oxygen atoms in total. The van der Waals surface area contributed by atoms with Crippen molar-refractivity contribution in [1.82, 2.24) is 4.98 Å². The van der Waals surface area contributed by atoms with Gasteiger partial charge in [0.15, 0.2) is 0 Å². The molecule has 0 fully saturated rings. The van der Waals surface area contributed by atoms with Gasteiger partial charge in [0.25, 0.3) is 0 Å². The number of alkyl halides is 1. The molecule has 0 amide bonds. The summed E-state index contributed by atoms with van der Waals surface area (Å²) in [6, 6.07) is 4.61.